The average molecular weight is 392 g/mol. The first-order chi connectivity index (χ1) is 13.5. The molecule has 1 heterocycles. The van der Waals surface area contributed by atoms with Crippen LogP contribution in [0.4, 0.5) is 0 Å². The van der Waals surface area contributed by atoms with E-state index < -0.39 is 0 Å². The number of nitrogens with zero attached hydrogens (tertiary/aromatic N) is 1. The van der Waals surface area contributed by atoms with Crippen LogP contribution in [0.1, 0.15) is 49.9 Å². The summed E-state index contributed by atoms with van der Waals surface area (Å²) < 4.78 is 16.0. The molecule has 0 unspecified atom stereocenters. The highest BCUT2D eigenvalue weighted by Crippen LogP contribution is 2.38. The third-order valence-corrected chi connectivity index (χ3v) is 5.40. The van der Waals surface area contributed by atoms with Crippen LogP contribution < -0.4 is 19.5 Å². The van der Waals surface area contributed by atoms with Crippen LogP contribution in [0.25, 0.3) is 0 Å². The van der Waals surface area contributed by atoms with Crippen molar-refractivity contribution in [3.63, 3.8) is 0 Å². The third kappa shape index (κ3) is 4.88. The predicted octanol–water partition coefficient (Wildman–Crippen LogP) is 2.87. The maximum Gasteiger partial charge on any atom is 0.254 e. The summed E-state index contributed by atoms with van der Waals surface area (Å²) in [7, 11) is 4.59. The predicted molar refractivity (Wildman–Crippen MR) is 107 cm³/mol. The monoisotopic (exact) mass is 392 g/mol. The minimum Gasteiger partial charge on any atom is -0.493 e. The molecule has 0 aromatic heterocycles. The fraction of sp³-hybridized carbons (Fsp3) is 0.619. The lowest BCUT2D eigenvalue weighted by Gasteiger charge is -2.33. The van der Waals surface area contributed by atoms with Gasteiger partial charge in [-0.15, -0.1) is 0 Å². The lowest BCUT2D eigenvalue weighted by Crippen LogP contribution is -2.47. The molecule has 7 heteroatoms. The van der Waals surface area contributed by atoms with Gasteiger partial charge in [0.15, 0.2) is 11.5 Å². The number of carbonyl (C=O) groups is 2. The summed E-state index contributed by atoms with van der Waals surface area (Å²) >= 11 is 0. The smallest absolute Gasteiger partial charge is 0.254 e. The van der Waals surface area contributed by atoms with Crippen molar-refractivity contribution in [2.45, 2.75) is 45.6 Å². The second-order valence-electron chi connectivity index (χ2n) is 7.00. The topological polar surface area (TPSA) is 77.1 Å². The quantitative estimate of drug-likeness (QED) is 0.736. The molecule has 1 aromatic rings. The summed E-state index contributed by atoms with van der Waals surface area (Å²) in [5, 5.41) is 3.14. The number of hydrogen-bond donors (Lipinski definition) is 1. The molecule has 28 heavy (non-hydrogen) atoms. The molecule has 1 N–H and O–H groups in total. The molecule has 1 fully saturated rings. The Kier molecular flexibility index (Phi) is 7.96. The van der Waals surface area contributed by atoms with E-state index in [1.807, 2.05) is 13.8 Å². The van der Waals surface area contributed by atoms with E-state index in [1.54, 1.807) is 17.0 Å². The number of nitrogens with one attached hydrogen (secondary N) is 1. The lowest BCUT2D eigenvalue weighted by atomic mass is 9.99. The zero-order valence-corrected chi connectivity index (χ0v) is 17.5. The van der Waals surface area contributed by atoms with Crippen LogP contribution in [0.5, 0.6) is 17.2 Å². The van der Waals surface area contributed by atoms with E-state index in [4.69, 9.17) is 14.2 Å². The number of carbonyl (C=O) groups excluding carboxylic acids is 2. The minimum atomic E-state index is -0.0796. The maximum atomic E-state index is 13.0. The number of benzene rings is 1. The van der Waals surface area contributed by atoms with E-state index in [9.17, 15) is 9.59 Å². The lowest BCUT2D eigenvalue weighted by molar-refractivity contribution is -0.126. The fourth-order valence-electron chi connectivity index (χ4n) is 3.59. The fourth-order valence-corrected chi connectivity index (χ4v) is 3.59. The van der Waals surface area contributed by atoms with Crippen molar-refractivity contribution in [3.8, 4) is 17.2 Å². The van der Waals surface area contributed by atoms with Crippen LogP contribution >= 0.6 is 0 Å². The van der Waals surface area contributed by atoms with E-state index in [-0.39, 0.29) is 23.8 Å². The zero-order valence-electron chi connectivity index (χ0n) is 17.5. The van der Waals surface area contributed by atoms with Crippen molar-refractivity contribution < 1.29 is 23.8 Å². The van der Waals surface area contributed by atoms with Crippen molar-refractivity contribution in [1.82, 2.24) is 10.2 Å². The molecule has 1 aliphatic heterocycles. The standard InChI is InChI=1S/C21H32N2O5/c1-6-14(7-2)20(24)22-16-8-10-23(11-9-16)21(25)15-12-17(26-3)19(28-5)18(13-15)27-4/h12-14,16H,6-11H2,1-5H3,(H,22,24). The highest BCUT2D eigenvalue weighted by atomic mass is 16.5. The molecule has 0 radical (unpaired) electrons. The van der Waals surface area contributed by atoms with E-state index in [1.165, 1.54) is 21.3 Å². The summed E-state index contributed by atoms with van der Waals surface area (Å²) in [4.78, 5) is 27.0. The van der Waals surface area contributed by atoms with Crippen molar-refractivity contribution >= 4 is 11.8 Å². The second kappa shape index (κ2) is 10.2. The second-order valence-corrected chi connectivity index (χ2v) is 7.00. The summed E-state index contributed by atoms with van der Waals surface area (Å²) in [5.74, 6) is 1.49. The van der Waals surface area contributed by atoms with Gasteiger partial charge in [0.25, 0.3) is 5.91 Å². The summed E-state index contributed by atoms with van der Waals surface area (Å²) in [6.45, 7) is 5.27. The van der Waals surface area contributed by atoms with Crippen LogP contribution in [-0.4, -0.2) is 57.2 Å². The van der Waals surface area contributed by atoms with E-state index in [0.717, 1.165) is 25.7 Å². The molecule has 0 aliphatic carbocycles. The summed E-state index contributed by atoms with van der Waals surface area (Å²) in [6.07, 6.45) is 3.20. The summed E-state index contributed by atoms with van der Waals surface area (Å²) in [6, 6.07) is 3.46. The van der Waals surface area contributed by atoms with Crippen LogP contribution in [0.2, 0.25) is 0 Å². The number of piperidine rings is 1. The van der Waals surface area contributed by atoms with Crippen molar-refractivity contribution in [3.05, 3.63) is 17.7 Å². The molecular formula is C21H32N2O5. The first-order valence-electron chi connectivity index (χ1n) is 9.88. The Morgan fingerprint density at radius 1 is 1.04 bits per heavy atom. The van der Waals surface area contributed by atoms with Gasteiger partial charge in [-0.2, -0.15) is 0 Å². The number of likely N-dealkylation sites (tertiary alicyclic amines) is 1. The van der Waals surface area contributed by atoms with Crippen LogP contribution in [0, 0.1) is 5.92 Å². The SMILES string of the molecule is CCC(CC)C(=O)NC1CCN(C(=O)c2cc(OC)c(OC)c(OC)c2)CC1. The molecule has 0 saturated carbocycles. The van der Waals surface area contributed by atoms with Crippen LogP contribution in [-0.2, 0) is 4.79 Å². The number of ether oxygens (including phenoxy) is 3. The summed E-state index contributed by atoms with van der Waals surface area (Å²) in [5.41, 5.74) is 0.494. The van der Waals surface area contributed by atoms with Crippen LogP contribution in [0.3, 0.4) is 0 Å². The van der Waals surface area contributed by atoms with Gasteiger partial charge in [0, 0.05) is 30.6 Å². The van der Waals surface area contributed by atoms with Gasteiger partial charge in [-0.05, 0) is 37.8 Å². The average Bonchev–Trinajstić information content (AvgIpc) is 2.73. The molecule has 156 valence electrons. The molecule has 1 aliphatic rings. The Morgan fingerprint density at radius 2 is 1.57 bits per heavy atom. The minimum absolute atomic E-state index is 0.0684. The number of rotatable bonds is 8. The molecule has 0 spiro atoms. The molecule has 7 nitrogen and oxygen atoms in total. The highest BCUT2D eigenvalue weighted by Gasteiger charge is 2.27. The molecule has 0 atom stereocenters. The Balaban J connectivity index is 2.03. The van der Waals surface area contributed by atoms with Gasteiger partial charge in [-0.1, -0.05) is 13.8 Å². The Labute approximate surface area is 167 Å². The van der Waals surface area contributed by atoms with E-state index in [2.05, 4.69) is 5.32 Å². The largest absolute Gasteiger partial charge is 0.493 e. The molecule has 2 rings (SSSR count). The van der Waals surface area contributed by atoms with Crippen molar-refractivity contribution in [1.29, 1.82) is 0 Å². The molecule has 1 saturated heterocycles. The first kappa shape index (κ1) is 21.9. The van der Waals surface area contributed by atoms with E-state index in [0.29, 0.717) is 35.9 Å². The number of amides is 2. The Morgan fingerprint density at radius 3 is 2.00 bits per heavy atom. The van der Waals surface area contributed by atoms with Gasteiger partial charge in [-0.3, -0.25) is 9.59 Å². The van der Waals surface area contributed by atoms with Gasteiger partial charge < -0.3 is 24.4 Å². The third-order valence-electron chi connectivity index (χ3n) is 5.40. The van der Waals surface area contributed by atoms with E-state index >= 15 is 0 Å². The van der Waals surface area contributed by atoms with Gasteiger partial charge in [0.2, 0.25) is 11.7 Å². The van der Waals surface area contributed by atoms with Gasteiger partial charge in [0.1, 0.15) is 0 Å². The normalized spacial score (nSPS) is 14.7. The highest BCUT2D eigenvalue weighted by molar-refractivity contribution is 5.95. The molecule has 2 amide bonds. The molecule has 1 aromatic carbocycles. The van der Waals surface area contributed by atoms with Gasteiger partial charge in [0.05, 0.1) is 21.3 Å². The Hall–Kier alpha value is -2.44. The zero-order chi connectivity index (χ0) is 20.7. The maximum absolute atomic E-state index is 13.0. The van der Waals surface area contributed by atoms with Gasteiger partial charge >= 0.3 is 0 Å². The first-order valence-corrected chi connectivity index (χ1v) is 9.88. The van der Waals surface area contributed by atoms with Crippen LogP contribution in [0.15, 0.2) is 12.1 Å². The molecule has 0 bridgehead atoms. The van der Waals surface area contributed by atoms with Gasteiger partial charge in [-0.25, -0.2) is 0 Å². The van der Waals surface area contributed by atoms with Crippen molar-refractivity contribution in [2.75, 3.05) is 34.4 Å². The molecular weight excluding hydrogens is 360 g/mol. The number of methoxy groups -OCH3 is 3. The number of hydrogen-bond acceptors (Lipinski definition) is 5. The Bertz CT molecular complexity index is 654. The van der Waals surface area contributed by atoms with Crippen molar-refractivity contribution in [2.24, 2.45) is 5.92 Å².